The van der Waals surface area contributed by atoms with E-state index in [4.69, 9.17) is 10.5 Å². The smallest absolute Gasteiger partial charge is 0.269 e. The number of nitrogens with two attached hydrogens (primary N) is 1. The summed E-state index contributed by atoms with van der Waals surface area (Å²) in [7, 11) is 2.02. The first-order valence-corrected chi connectivity index (χ1v) is 6.85. The molecular weight excluding hydrogens is 258 g/mol. The Balaban J connectivity index is 1.97. The van der Waals surface area contributed by atoms with E-state index in [1.807, 2.05) is 7.05 Å². The van der Waals surface area contributed by atoms with Crippen LogP contribution in [0.2, 0.25) is 0 Å². The van der Waals surface area contributed by atoms with Crippen LogP contribution in [0.1, 0.15) is 18.4 Å². The van der Waals surface area contributed by atoms with Crippen LogP contribution < -0.4 is 5.73 Å². The second-order valence-electron chi connectivity index (χ2n) is 5.39. The number of nitrogen functional groups attached to an aromatic ring is 1. The van der Waals surface area contributed by atoms with Gasteiger partial charge in [-0.1, -0.05) is 0 Å². The Bertz CT molecular complexity index is 473. The molecule has 1 aliphatic heterocycles. The van der Waals surface area contributed by atoms with Crippen LogP contribution in [-0.4, -0.2) is 36.6 Å². The van der Waals surface area contributed by atoms with Crippen molar-refractivity contribution in [2.75, 3.05) is 32.5 Å². The molecule has 6 heteroatoms. The van der Waals surface area contributed by atoms with Gasteiger partial charge in [0.25, 0.3) is 5.69 Å². The van der Waals surface area contributed by atoms with Crippen molar-refractivity contribution < 1.29 is 9.66 Å². The Morgan fingerprint density at radius 3 is 2.80 bits per heavy atom. The quantitative estimate of drug-likeness (QED) is 0.506. The summed E-state index contributed by atoms with van der Waals surface area (Å²) >= 11 is 0. The van der Waals surface area contributed by atoms with Gasteiger partial charge in [-0.25, -0.2) is 0 Å². The normalized spacial score (nSPS) is 16.5. The van der Waals surface area contributed by atoms with Crippen LogP contribution in [0.25, 0.3) is 0 Å². The molecule has 0 atom stereocenters. The minimum atomic E-state index is -0.387. The third-order valence-corrected chi connectivity index (χ3v) is 3.69. The van der Waals surface area contributed by atoms with Crippen molar-refractivity contribution in [3.8, 4) is 0 Å². The molecule has 2 N–H and O–H groups in total. The van der Waals surface area contributed by atoms with E-state index in [0.29, 0.717) is 18.2 Å². The maximum Gasteiger partial charge on any atom is 0.269 e. The molecule has 0 bridgehead atoms. The summed E-state index contributed by atoms with van der Waals surface area (Å²) in [6.45, 7) is 3.26. The first kappa shape index (κ1) is 14.7. The molecule has 0 spiro atoms. The van der Waals surface area contributed by atoms with Crippen LogP contribution in [0.15, 0.2) is 18.2 Å². The van der Waals surface area contributed by atoms with Gasteiger partial charge in [0, 0.05) is 44.1 Å². The van der Waals surface area contributed by atoms with E-state index < -0.39 is 0 Å². The predicted molar refractivity (Wildman–Crippen MR) is 77.4 cm³/mol. The Labute approximate surface area is 118 Å². The monoisotopic (exact) mass is 279 g/mol. The van der Waals surface area contributed by atoms with Gasteiger partial charge in [-0.05, 0) is 37.4 Å². The second-order valence-corrected chi connectivity index (χ2v) is 5.39. The van der Waals surface area contributed by atoms with Crippen LogP contribution in [0.3, 0.4) is 0 Å². The summed E-state index contributed by atoms with van der Waals surface area (Å²) < 4.78 is 5.35. The summed E-state index contributed by atoms with van der Waals surface area (Å²) in [4.78, 5) is 12.6. The molecule has 1 aromatic carbocycles. The molecule has 2 rings (SSSR count). The number of nitro benzene ring substituents is 1. The van der Waals surface area contributed by atoms with Gasteiger partial charge in [0.15, 0.2) is 0 Å². The first-order chi connectivity index (χ1) is 9.56. The molecule has 0 radical (unpaired) electrons. The minimum Gasteiger partial charge on any atom is -0.398 e. The lowest BCUT2D eigenvalue weighted by atomic mass is 9.99. The molecule has 1 heterocycles. The van der Waals surface area contributed by atoms with Gasteiger partial charge in [-0.15, -0.1) is 0 Å². The summed E-state index contributed by atoms with van der Waals surface area (Å²) in [6.07, 6.45) is 2.16. The molecule has 110 valence electrons. The van der Waals surface area contributed by atoms with Gasteiger partial charge in [0.05, 0.1) is 4.92 Å². The number of nitro groups is 1. The van der Waals surface area contributed by atoms with Gasteiger partial charge >= 0.3 is 0 Å². The van der Waals surface area contributed by atoms with E-state index in [1.165, 1.54) is 6.07 Å². The zero-order chi connectivity index (χ0) is 14.5. The lowest BCUT2D eigenvalue weighted by molar-refractivity contribution is -0.384. The third kappa shape index (κ3) is 3.91. The van der Waals surface area contributed by atoms with Gasteiger partial charge in [-0.3, -0.25) is 10.1 Å². The van der Waals surface area contributed by atoms with E-state index in [9.17, 15) is 10.1 Å². The predicted octanol–water partition coefficient (Wildman–Crippen LogP) is 2.04. The maximum absolute atomic E-state index is 10.8. The number of hydrogen-bond acceptors (Lipinski definition) is 5. The third-order valence-electron chi connectivity index (χ3n) is 3.69. The number of non-ortho nitro benzene ring substituents is 1. The first-order valence-electron chi connectivity index (χ1n) is 6.85. The highest BCUT2D eigenvalue weighted by Gasteiger charge is 2.17. The van der Waals surface area contributed by atoms with E-state index in [1.54, 1.807) is 12.1 Å². The zero-order valence-corrected chi connectivity index (χ0v) is 11.7. The van der Waals surface area contributed by atoms with E-state index in [-0.39, 0.29) is 10.6 Å². The molecule has 0 aromatic heterocycles. The van der Waals surface area contributed by atoms with Crippen LogP contribution >= 0.6 is 0 Å². The largest absolute Gasteiger partial charge is 0.398 e. The van der Waals surface area contributed by atoms with Crippen LogP contribution in [0, 0.1) is 16.0 Å². The SMILES string of the molecule is CN(Cc1cc([N+](=O)[O-])ccc1N)CC1CCOCC1. The van der Waals surface area contributed by atoms with Crippen molar-refractivity contribution >= 4 is 11.4 Å². The summed E-state index contributed by atoms with van der Waals surface area (Å²) in [5.74, 6) is 0.633. The average molecular weight is 279 g/mol. The van der Waals surface area contributed by atoms with E-state index in [2.05, 4.69) is 4.90 Å². The maximum atomic E-state index is 10.8. The van der Waals surface area contributed by atoms with Gasteiger partial charge < -0.3 is 15.4 Å². The fourth-order valence-corrected chi connectivity index (χ4v) is 2.57. The lowest BCUT2D eigenvalue weighted by Gasteiger charge is -2.27. The molecule has 1 aliphatic rings. The fourth-order valence-electron chi connectivity index (χ4n) is 2.57. The lowest BCUT2D eigenvalue weighted by Crippen LogP contribution is -2.29. The molecular formula is C14H21N3O3. The summed E-state index contributed by atoms with van der Waals surface area (Å²) in [5.41, 5.74) is 7.41. The Morgan fingerprint density at radius 1 is 1.45 bits per heavy atom. The van der Waals surface area contributed by atoms with Crippen molar-refractivity contribution in [3.05, 3.63) is 33.9 Å². The Morgan fingerprint density at radius 2 is 2.15 bits per heavy atom. The topological polar surface area (TPSA) is 81.6 Å². The van der Waals surface area contributed by atoms with Gasteiger partial charge in [0.2, 0.25) is 0 Å². The molecule has 20 heavy (non-hydrogen) atoms. The summed E-state index contributed by atoms with van der Waals surface area (Å²) in [6, 6.07) is 4.61. The standard InChI is InChI=1S/C14H21N3O3/c1-16(9-11-4-6-20-7-5-11)10-12-8-13(17(18)19)2-3-14(12)15/h2-3,8,11H,4-7,9-10,15H2,1H3. The van der Waals surface area contributed by atoms with Gasteiger partial charge in [0.1, 0.15) is 0 Å². The molecule has 1 aromatic rings. The highest BCUT2D eigenvalue weighted by atomic mass is 16.6. The van der Waals surface area contributed by atoms with E-state index in [0.717, 1.165) is 38.2 Å². The van der Waals surface area contributed by atoms with Crippen molar-refractivity contribution in [2.24, 2.45) is 5.92 Å². The minimum absolute atomic E-state index is 0.0914. The molecule has 0 saturated carbocycles. The van der Waals surface area contributed by atoms with Crippen molar-refractivity contribution in [2.45, 2.75) is 19.4 Å². The molecule has 1 fully saturated rings. The fraction of sp³-hybridized carbons (Fsp3) is 0.571. The van der Waals surface area contributed by atoms with Crippen molar-refractivity contribution in [3.63, 3.8) is 0 Å². The molecule has 0 unspecified atom stereocenters. The van der Waals surface area contributed by atoms with Crippen LogP contribution in [0.4, 0.5) is 11.4 Å². The Kier molecular flexibility index (Phi) is 4.92. The molecule has 6 nitrogen and oxygen atoms in total. The highest BCUT2D eigenvalue weighted by Crippen LogP contribution is 2.22. The molecule has 0 amide bonds. The Hall–Kier alpha value is -1.66. The van der Waals surface area contributed by atoms with Crippen LogP contribution in [-0.2, 0) is 11.3 Å². The van der Waals surface area contributed by atoms with Gasteiger partial charge in [-0.2, -0.15) is 0 Å². The van der Waals surface area contributed by atoms with Crippen molar-refractivity contribution in [1.29, 1.82) is 0 Å². The average Bonchev–Trinajstić information content (AvgIpc) is 2.42. The van der Waals surface area contributed by atoms with E-state index >= 15 is 0 Å². The number of ether oxygens (including phenoxy) is 1. The number of anilines is 1. The second kappa shape index (κ2) is 6.67. The number of benzene rings is 1. The number of rotatable bonds is 5. The molecule has 1 saturated heterocycles. The van der Waals surface area contributed by atoms with Crippen LogP contribution in [0.5, 0.6) is 0 Å². The zero-order valence-electron chi connectivity index (χ0n) is 11.7. The molecule has 0 aliphatic carbocycles. The summed E-state index contributed by atoms with van der Waals surface area (Å²) in [5, 5.41) is 10.8. The van der Waals surface area contributed by atoms with Crippen molar-refractivity contribution in [1.82, 2.24) is 4.90 Å². The number of nitrogens with zero attached hydrogens (tertiary/aromatic N) is 2. The highest BCUT2D eigenvalue weighted by molar-refractivity contribution is 5.52. The number of hydrogen-bond donors (Lipinski definition) is 1.